The summed E-state index contributed by atoms with van der Waals surface area (Å²) in [5, 5.41) is 4.37. The van der Waals surface area contributed by atoms with Gasteiger partial charge in [0.05, 0.1) is 9.90 Å². The van der Waals surface area contributed by atoms with E-state index in [0.29, 0.717) is 16.3 Å². The number of anilines is 1. The van der Waals surface area contributed by atoms with E-state index in [1.54, 1.807) is 23.6 Å². The van der Waals surface area contributed by atoms with Crippen molar-refractivity contribution in [2.45, 2.75) is 6.61 Å². The summed E-state index contributed by atoms with van der Waals surface area (Å²) in [4.78, 5) is 12.7. The van der Waals surface area contributed by atoms with Crippen molar-refractivity contribution >= 4 is 34.5 Å². The fraction of sp³-hybridized carbons (Fsp3) is 0.0556. The molecule has 0 aliphatic rings. The second kappa shape index (κ2) is 7.63. The van der Waals surface area contributed by atoms with Crippen LogP contribution in [0.1, 0.15) is 15.2 Å². The van der Waals surface area contributed by atoms with Crippen molar-refractivity contribution < 1.29 is 18.3 Å². The van der Waals surface area contributed by atoms with Gasteiger partial charge in [-0.05, 0) is 41.8 Å². The zero-order valence-corrected chi connectivity index (χ0v) is 14.3. The van der Waals surface area contributed by atoms with Crippen LogP contribution < -0.4 is 10.1 Å². The quantitative estimate of drug-likeness (QED) is 0.634. The van der Waals surface area contributed by atoms with Crippen molar-refractivity contribution in [1.82, 2.24) is 0 Å². The third-order valence-electron chi connectivity index (χ3n) is 3.26. The highest BCUT2D eigenvalue weighted by atomic mass is 35.5. The average Bonchev–Trinajstić information content (AvgIpc) is 3.06. The Labute approximate surface area is 151 Å². The van der Waals surface area contributed by atoms with Gasteiger partial charge in [-0.3, -0.25) is 4.79 Å². The fourth-order valence-corrected chi connectivity index (χ4v) is 3.03. The highest BCUT2D eigenvalue weighted by molar-refractivity contribution is 7.12. The summed E-state index contributed by atoms with van der Waals surface area (Å²) in [6.45, 7) is 0.218. The van der Waals surface area contributed by atoms with Gasteiger partial charge in [0.1, 0.15) is 24.0 Å². The van der Waals surface area contributed by atoms with Gasteiger partial charge in [0.15, 0.2) is 0 Å². The van der Waals surface area contributed by atoms with E-state index in [1.807, 2.05) is 0 Å². The molecule has 128 valence electrons. The topological polar surface area (TPSA) is 38.3 Å². The molecule has 0 unspecified atom stereocenters. The first-order valence-electron chi connectivity index (χ1n) is 7.23. The Morgan fingerprint density at radius 3 is 2.76 bits per heavy atom. The lowest BCUT2D eigenvalue weighted by atomic mass is 10.3. The number of hydrogen-bond donors (Lipinski definition) is 1. The molecule has 3 nitrogen and oxygen atoms in total. The first-order chi connectivity index (χ1) is 12.0. The normalized spacial score (nSPS) is 10.5. The summed E-state index contributed by atoms with van der Waals surface area (Å²) in [7, 11) is 0. The Kier molecular flexibility index (Phi) is 5.31. The number of nitrogens with one attached hydrogen (secondary N) is 1. The summed E-state index contributed by atoms with van der Waals surface area (Å²) in [5.74, 6) is -0.837. The number of carbonyl (C=O) groups excluding carboxylic acids is 1. The molecule has 1 N–H and O–H groups in total. The average molecular weight is 380 g/mol. The van der Waals surface area contributed by atoms with Crippen LogP contribution in [0.5, 0.6) is 5.75 Å². The van der Waals surface area contributed by atoms with Crippen molar-refractivity contribution in [3.05, 3.63) is 81.0 Å². The SMILES string of the molecule is O=C(Nc1ccc(F)c(Cl)c1)c1cc(COc2cccc(F)c2)cs1. The van der Waals surface area contributed by atoms with Crippen molar-refractivity contribution in [3.63, 3.8) is 0 Å². The van der Waals surface area contributed by atoms with Crippen molar-refractivity contribution in [2.24, 2.45) is 0 Å². The lowest BCUT2D eigenvalue weighted by Gasteiger charge is -2.05. The number of halogens is 3. The number of hydrogen-bond acceptors (Lipinski definition) is 3. The minimum atomic E-state index is -0.549. The Morgan fingerprint density at radius 2 is 2.00 bits per heavy atom. The molecule has 2 aromatic carbocycles. The molecule has 1 heterocycles. The third kappa shape index (κ3) is 4.55. The van der Waals surface area contributed by atoms with Crippen LogP contribution in [0.4, 0.5) is 14.5 Å². The molecule has 0 aliphatic heterocycles. The van der Waals surface area contributed by atoms with Gasteiger partial charge in [0.2, 0.25) is 0 Å². The van der Waals surface area contributed by atoms with Crippen molar-refractivity contribution in [1.29, 1.82) is 0 Å². The molecule has 0 saturated carbocycles. The standard InChI is InChI=1S/C18H12ClF2NO2S/c19-15-8-13(4-5-16(15)21)22-18(23)17-6-11(10-25-17)9-24-14-3-1-2-12(20)7-14/h1-8,10H,9H2,(H,22,23). The van der Waals surface area contributed by atoms with Gasteiger partial charge in [0.25, 0.3) is 5.91 Å². The van der Waals surface area contributed by atoms with Gasteiger partial charge < -0.3 is 10.1 Å². The monoisotopic (exact) mass is 379 g/mol. The first kappa shape index (κ1) is 17.4. The summed E-state index contributed by atoms with van der Waals surface area (Å²) < 4.78 is 31.7. The van der Waals surface area contributed by atoms with Crippen molar-refractivity contribution in [3.8, 4) is 5.75 Å². The lowest BCUT2D eigenvalue weighted by molar-refractivity contribution is 0.103. The number of thiophene rings is 1. The van der Waals surface area contributed by atoms with E-state index >= 15 is 0 Å². The zero-order chi connectivity index (χ0) is 17.8. The van der Waals surface area contributed by atoms with E-state index in [0.717, 1.165) is 5.56 Å². The molecule has 3 rings (SSSR count). The Balaban J connectivity index is 1.62. The highest BCUT2D eigenvalue weighted by Crippen LogP contribution is 2.22. The molecule has 0 atom stereocenters. The minimum Gasteiger partial charge on any atom is -0.489 e. The van der Waals surface area contributed by atoms with Crippen LogP contribution in [0.25, 0.3) is 0 Å². The maximum atomic E-state index is 13.1. The molecular weight excluding hydrogens is 368 g/mol. The van der Waals surface area contributed by atoms with Crippen LogP contribution in [0, 0.1) is 11.6 Å². The number of ether oxygens (including phenoxy) is 1. The maximum absolute atomic E-state index is 13.1. The molecule has 0 aliphatic carbocycles. The predicted octanol–water partition coefficient (Wildman–Crippen LogP) is 5.51. The second-order valence-electron chi connectivity index (χ2n) is 5.15. The van der Waals surface area contributed by atoms with Crippen LogP contribution in [-0.4, -0.2) is 5.91 Å². The minimum absolute atomic E-state index is 0.0619. The predicted molar refractivity (Wildman–Crippen MR) is 94.4 cm³/mol. The van der Waals surface area contributed by atoms with Crippen LogP contribution >= 0.6 is 22.9 Å². The third-order valence-corrected chi connectivity index (χ3v) is 4.52. The first-order valence-corrected chi connectivity index (χ1v) is 8.49. The molecule has 0 spiro atoms. The molecule has 1 amide bonds. The van der Waals surface area contributed by atoms with Crippen LogP contribution in [0.15, 0.2) is 53.9 Å². The van der Waals surface area contributed by atoms with E-state index in [2.05, 4.69) is 5.32 Å². The molecule has 3 aromatic rings. The molecule has 7 heteroatoms. The molecule has 0 bridgehead atoms. The van der Waals surface area contributed by atoms with Crippen LogP contribution in [-0.2, 0) is 6.61 Å². The largest absolute Gasteiger partial charge is 0.489 e. The van der Waals surface area contributed by atoms with Crippen LogP contribution in [0.3, 0.4) is 0 Å². The Morgan fingerprint density at radius 1 is 1.16 bits per heavy atom. The maximum Gasteiger partial charge on any atom is 0.265 e. The summed E-state index contributed by atoms with van der Waals surface area (Å²) >= 11 is 6.94. The van der Waals surface area contributed by atoms with E-state index < -0.39 is 5.82 Å². The number of benzene rings is 2. The number of amides is 1. The second-order valence-corrected chi connectivity index (χ2v) is 6.47. The van der Waals surface area contributed by atoms with E-state index in [9.17, 15) is 13.6 Å². The lowest BCUT2D eigenvalue weighted by Crippen LogP contribution is -2.10. The molecule has 0 fully saturated rings. The molecule has 1 aromatic heterocycles. The fourth-order valence-electron chi connectivity index (χ4n) is 2.06. The Bertz CT molecular complexity index is 914. The molecular formula is C18H12ClF2NO2S. The molecule has 0 saturated heterocycles. The summed E-state index contributed by atoms with van der Waals surface area (Å²) in [6.07, 6.45) is 0. The van der Waals surface area contributed by atoms with Gasteiger partial charge in [-0.2, -0.15) is 0 Å². The van der Waals surface area contributed by atoms with E-state index in [1.165, 1.54) is 41.7 Å². The number of carbonyl (C=O) groups is 1. The highest BCUT2D eigenvalue weighted by Gasteiger charge is 2.11. The van der Waals surface area contributed by atoms with E-state index in [4.69, 9.17) is 16.3 Å². The van der Waals surface area contributed by atoms with Gasteiger partial charge in [0, 0.05) is 17.3 Å². The Hall–Kier alpha value is -2.44. The van der Waals surface area contributed by atoms with Gasteiger partial charge >= 0.3 is 0 Å². The van der Waals surface area contributed by atoms with Gasteiger partial charge in [-0.15, -0.1) is 11.3 Å². The van der Waals surface area contributed by atoms with E-state index in [-0.39, 0.29) is 23.4 Å². The van der Waals surface area contributed by atoms with Crippen molar-refractivity contribution in [2.75, 3.05) is 5.32 Å². The van der Waals surface area contributed by atoms with Gasteiger partial charge in [-0.25, -0.2) is 8.78 Å². The summed E-state index contributed by atoms with van der Waals surface area (Å²) in [6, 6.07) is 11.5. The molecule has 0 radical (unpaired) electrons. The van der Waals surface area contributed by atoms with Crippen LogP contribution in [0.2, 0.25) is 5.02 Å². The number of rotatable bonds is 5. The molecule has 25 heavy (non-hydrogen) atoms. The van der Waals surface area contributed by atoms with Gasteiger partial charge in [-0.1, -0.05) is 17.7 Å². The summed E-state index contributed by atoms with van der Waals surface area (Å²) in [5.41, 5.74) is 1.19. The smallest absolute Gasteiger partial charge is 0.265 e. The zero-order valence-electron chi connectivity index (χ0n) is 12.8.